The highest BCUT2D eigenvalue weighted by Crippen LogP contribution is 2.33. The smallest absolute Gasteiger partial charge is 0.284 e. The summed E-state index contributed by atoms with van der Waals surface area (Å²) >= 11 is 0. The van der Waals surface area contributed by atoms with Crippen molar-refractivity contribution in [2.45, 2.75) is 44.9 Å². The molecule has 1 aliphatic rings. The zero-order chi connectivity index (χ0) is 28.7. The van der Waals surface area contributed by atoms with Crippen LogP contribution in [0.2, 0.25) is 0 Å². The van der Waals surface area contributed by atoms with Crippen LogP contribution in [0, 0.1) is 0 Å². The van der Waals surface area contributed by atoms with Crippen molar-refractivity contribution in [2.75, 3.05) is 24.7 Å². The predicted octanol–water partition coefficient (Wildman–Crippen LogP) is 3.48. The summed E-state index contributed by atoms with van der Waals surface area (Å²) in [4.78, 5) is 22.2. The van der Waals surface area contributed by atoms with E-state index in [2.05, 4.69) is 30.6 Å². The highest BCUT2D eigenvalue weighted by molar-refractivity contribution is 7.88. The average molecular weight is 565 g/mol. The molecule has 4 heterocycles. The van der Waals surface area contributed by atoms with Crippen LogP contribution in [0.3, 0.4) is 0 Å². The van der Waals surface area contributed by atoms with Gasteiger partial charge >= 0.3 is 0 Å². The number of aryl methyl sites for hydroxylation is 1. The van der Waals surface area contributed by atoms with Gasteiger partial charge in [0.1, 0.15) is 0 Å². The van der Waals surface area contributed by atoms with E-state index < -0.39 is 15.4 Å². The van der Waals surface area contributed by atoms with Gasteiger partial charge in [-0.15, -0.1) is 10.2 Å². The number of hydrogen-bond donors (Lipinski definition) is 1. The van der Waals surface area contributed by atoms with E-state index in [-0.39, 0.29) is 30.6 Å². The number of anilines is 2. The minimum Gasteiger partial charge on any atom is -0.418 e. The maximum atomic E-state index is 13.2. The van der Waals surface area contributed by atoms with Gasteiger partial charge in [0.15, 0.2) is 0 Å². The van der Waals surface area contributed by atoms with Crippen molar-refractivity contribution < 1.29 is 17.6 Å². The number of sulfonamides is 1. The SMILES string of the molecule is Cn1cc(Nc2nccc(-c3ccc4c(c3)CCN(S(C)(=O)=O)CC4CC(=O)c3nnc(C(C)(C)C)o3)n2)cn1. The number of carbonyl (C=O) groups is 1. The zero-order valence-electron chi connectivity index (χ0n) is 23.1. The van der Waals surface area contributed by atoms with Crippen LogP contribution >= 0.6 is 0 Å². The number of fused-ring (bicyclic) bond motifs is 1. The summed E-state index contributed by atoms with van der Waals surface area (Å²) in [6.45, 7) is 6.27. The van der Waals surface area contributed by atoms with E-state index in [0.717, 1.165) is 22.4 Å². The summed E-state index contributed by atoms with van der Waals surface area (Å²) in [5.41, 5.74) is 3.83. The molecule has 0 amide bonds. The van der Waals surface area contributed by atoms with Crippen LogP contribution in [0.4, 0.5) is 11.6 Å². The summed E-state index contributed by atoms with van der Waals surface area (Å²) < 4.78 is 33.9. The molecule has 12 nitrogen and oxygen atoms in total. The third-order valence-electron chi connectivity index (χ3n) is 6.76. The first-order valence-electron chi connectivity index (χ1n) is 12.9. The average Bonchev–Trinajstić information content (AvgIpc) is 3.50. The minimum absolute atomic E-state index is 0.0385. The van der Waals surface area contributed by atoms with Crippen LogP contribution in [-0.4, -0.2) is 67.8 Å². The summed E-state index contributed by atoms with van der Waals surface area (Å²) in [5, 5.41) is 15.3. The molecule has 0 saturated heterocycles. The molecule has 0 saturated carbocycles. The Morgan fingerprint density at radius 2 is 2.00 bits per heavy atom. The molecule has 4 aromatic rings. The topological polar surface area (TPSA) is 149 Å². The van der Waals surface area contributed by atoms with Crippen molar-refractivity contribution >= 4 is 27.4 Å². The largest absolute Gasteiger partial charge is 0.418 e. The van der Waals surface area contributed by atoms with Gasteiger partial charge < -0.3 is 9.73 Å². The molecule has 13 heteroatoms. The molecule has 1 aliphatic heterocycles. The quantitative estimate of drug-likeness (QED) is 0.331. The van der Waals surface area contributed by atoms with Crippen molar-refractivity contribution in [3.63, 3.8) is 0 Å². The van der Waals surface area contributed by atoms with Crippen molar-refractivity contribution in [1.82, 2.24) is 34.3 Å². The fraction of sp³-hybridized carbons (Fsp3) is 0.407. The normalized spacial score (nSPS) is 16.4. The van der Waals surface area contributed by atoms with Crippen molar-refractivity contribution in [1.29, 1.82) is 0 Å². The molecule has 0 spiro atoms. The van der Waals surface area contributed by atoms with Crippen molar-refractivity contribution in [2.24, 2.45) is 7.05 Å². The molecule has 0 fully saturated rings. The third-order valence-corrected chi connectivity index (χ3v) is 8.03. The lowest BCUT2D eigenvalue weighted by molar-refractivity contribution is 0.0933. The van der Waals surface area contributed by atoms with E-state index in [1.54, 1.807) is 17.1 Å². The summed E-state index contributed by atoms with van der Waals surface area (Å²) in [6, 6.07) is 7.73. The number of aromatic nitrogens is 6. The second-order valence-electron chi connectivity index (χ2n) is 11.1. The van der Waals surface area contributed by atoms with Crippen LogP contribution in [0.15, 0.2) is 47.3 Å². The molecule has 210 valence electrons. The molecular weight excluding hydrogens is 532 g/mol. The maximum Gasteiger partial charge on any atom is 0.284 e. The van der Waals surface area contributed by atoms with Gasteiger partial charge in [0.25, 0.3) is 5.89 Å². The molecule has 0 radical (unpaired) electrons. The first-order valence-corrected chi connectivity index (χ1v) is 14.8. The monoisotopic (exact) mass is 564 g/mol. The van der Waals surface area contributed by atoms with Crippen LogP contribution in [0.25, 0.3) is 11.3 Å². The number of nitrogens with zero attached hydrogens (tertiary/aromatic N) is 7. The van der Waals surface area contributed by atoms with Gasteiger partial charge in [-0.05, 0) is 29.7 Å². The lowest BCUT2D eigenvalue weighted by Gasteiger charge is -2.22. The van der Waals surface area contributed by atoms with E-state index >= 15 is 0 Å². The summed E-state index contributed by atoms with van der Waals surface area (Å²) in [6.07, 6.45) is 6.92. The molecule has 0 bridgehead atoms. The molecule has 1 unspecified atom stereocenters. The van der Waals surface area contributed by atoms with Gasteiger partial charge in [-0.1, -0.05) is 32.9 Å². The number of nitrogens with one attached hydrogen (secondary N) is 1. The Hall–Kier alpha value is -3.97. The van der Waals surface area contributed by atoms with Gasteiger partial charge in [0.2, 0.25) is 27.6 Å². The maximum absolute atomic E-state index is 13.2. The standard InChI is InChI=1S/C27H32N8O4S/c1-27(2,3)25-33-32-24(39-25)23(36)13-19-15-35(40(5,37)38)11-9-17-12-18(6-7-21(17)19)22-8-10-28-26(31-22)30-20-14-29-34(4)16-20/h6-8,10,12,14,16,19H,9,11,13,15H2,1-5H3,(H,28,30,31). The van der Waals surface area contributed by atoms with Crippen molar-refractivity contribution in [3.8, 4) is 11.3 Å². The predicted molar refractivity (Wildman–Crippen MR) is 149 cm³/mol. The number of ketones is 1. The van der Waals surface area contributed by atoms with Gasteiger partial charge in [-0.2, -0.15) is 5.10 Å². The van der Waals surface area contributed by atoms with E-state index in [4.69, 9.17) is 4.42 Å². The number of hydrogen-bond acceptors (Lipinski definition) is 10. The number of Topliss-reactive ketones (excluding diaryl/α,β-unsaturated/α-hetero) is 1. The molecule has 40 heavy (non-hydrogen) atoms. The third kappa shape index (κ3) is 6.10. The lowest BCUT2D eigenvalue weighted by atomic mass is 9.88. The van der Waals surface area contributed by atoms with E-state index in [9.17, 15) is 13.2 Å². The van der Waals surface area contributed by atoms with Crippen LogP contribution in [0.1, 0.15) is 60.8 Å². The zero-order valence-corrected chi connectivity index (χ0v) is 23.9. The Balaban J connectivity index is 1.44. The Morgan fingerprint density at radius 1 is 1.20 bits per heavy atom. The molecule has 5 rings (SSSR count). The van der Waals surface area contributed by atoms with E-state index in [1.165, 1.54) is 10.6 Å². The Labute approximate surface area is 232 Å². The summed E-state index contributed by atoms with van der Waals surface area (Å²) in [5.74, 6) is 0.0447. The van der Waals surface area contributed by atoms with E-state index in [1.807, 2.05) is 58.3 Å². The lowest BCUT2D eigenvalue weighted by Crippen LogP contribution is -2.34. The Kier molecular flexibility index (Phi) is 7.27. The molecule has 1 aromatic carbocycles. The fourth-order valence-electron chi connectivity index (χ4n) is 4.68. The molecule has 3 aromatic heterocycles. The summed E-state index contributed by atoms with van der Waals surface area (Å²) in [7, 11) is -1.65. The van der Waals surface area contributed by atoms with Crippen LogP contribution < -0.4 is 5.32 Å². The fourth-order valence-corrected chi connectivity index (χ4v) is 5.55. The molecule has 1 N–H and O–H groups in total. The van der Waals surface area contributed by atoms with E-state index in [0.29, 0.717) is 30.5 Å². The molecule has 0 aliphatic carbocycles. The first kappa shape index (κ1) is 27.6. The molecular formula is C27H32N8O4S. The first-order chi connectivity index (χ1) is 18.9. The van der Waals surface area contributed by atoms with Crippen molar-refractivity contribution in [3.05, 3.63) is 65.8 Å². The van der Waals surface area contributed by atoms with Gasteiger partial charge in [-0.3, -0.25) is 9.48 Å². The highest BCUT2D eigenvalue weighted by Gasteiger charge is 2.32. The Morgan fingerprint density at radius 3 is 2.67 bits per heavy atom. The highest BCUT2D eigenvalue weighted by atomic mass is 32.2. The van der Waals surface area contributed by atoms with Gasteiger partial charge in [0.05, 0.1) is 23.8 Å². The Bertz CT molecular complexity index is 1650. The number of carbonyl (C=O) groups excluding carboxylic acids is 1. The minimum atomic E-state index is -3.48. The molecule has 1 atom stereocenters. The second kappa shape index (κ2) is 10.5. The number of rotatable bonds is 7. The van der Waals surface area contributed by atoms with Gasteiger partial charge in [0, 0.05) is 55.8 Å². The van der Waals surface area contributed by atoms with Gasteiger partial charge in [-0.25, -0.2) is 22.7 Å². The van der Waals surface area contributed by atoms with Crippen LogP contribution in [0.5, 0.6) is 0 Å². The van der Waals surface area contributed by atoms with Crippen LogP contribution in [-0.2, 0) is 28.9 Å². The second-order valence-corrected chi connectivity index (χ2v) is 13.0. The number of benzene rings is 1.